The number of aryl methyl sites for hydroxylation is 2. The lowest BCUT2D eigenvalue weighted by Gasteiger charge is -2.16. The van der Waals surface area contributed by atoms with Crippen LogP contribution < -0.4 is 4.72 Å². The fourth-order valence-electron chi connectivity index (χ4n) is 2.50. The van der Waals surface area contributed by atoms with E-state index < -0.39 is 10.0 Å². The molecular weight excluding hydrogens is 290 g/mol. The summed E-state index contributed by atoms with van der Waals surface area (Å²) in [6.45, 7) is 0.231. The van der Waals surface area contributed by atoms with E-state index in [4.69, 9.17) is 0 Å². The Bertz CT molecular complexity index is 610. The molecule has 21 heavy (non-hydrogen) atoms. The van der Waals surface area contributed by atoms with E-state index in [9.17, 15) is 13.2 Å². The van der Waals surface area contributed by atoms with Crippen LogP contribution in [-0.2, 0) is 32.4 Å². The van der Waals surface area contributed by atoms with Crippen molar-refractivity contribution in [2.75, 3.05) is 13.7 Å². The quantitative estimate of drug-likeness (QED) is 0.642. The minimum Gasteiger partial charge on any atom is -0.469 e. The number of sulfonamides is 1. The van der Waals surface area contributed by atoms with Gasteiger partial charge in [-0.2, -0.15) is 0 Å². The Morgan fingerprint density at radius 2 is 1.95 bits per heavy atom. The molecule has 1 aliphatic rings. The van der Waals surface area contributed by atoms with Gasteiger partial charge in [0.05, 0.1) is 12.0 Å². The second-order valence-corrected chi connectivity index (χ2v) is 6.98. The maximum Gasteiger partial charge on any atom is 0.305 e. The fraction of sp³-hybridized carbons (Fsp3) is 0.533. The van der Waals surface area contributed by atoms with E-state index in [1.165, 1.54) is 19.1 Å². The molecule has 0 radical (unpaired) electrons. The summed E-state index contributed by atoms with van der Waals surface area (Å²) in [6, 6.07) is 5.35. The van der Waals surface area contributed by atoms with Crippen LogP contribution in [0.2, 0.25) is 0 Å². The number of fused-ring (bicyclic) bond motifs is 1. The first-order valence-electron chi connectivity index (χ1n) is 7.21. The zero-order valence-corrected chi connectivity index (χ0v) is 13.0. The van der Waals surface area contributed by atoms with Crippen LogP contribution in [0.1, 0.15) is 36.8 Å². The Balaban J connectivity index is 1.97. The summed E-state index contributed by atoms with van der Waals surface area (Å²) in [5.41, 5.74) is 2.39. The topological polar surface area (TPSA) is 72.5 Å². The van der Waals surface area contributed by atoms with E-state index in [2.05, 4.69) is 9.46 Å². The van der Waals surface area contributed by atoms with Crippen molar-refractivity contribution in [2.45, 2.75) is 43.4 Å². The Hall–Kier alpha value is -1.40. The monoisotopic (exact) mass is 311 g/mol. The summed E-state index contributed by atoms with van der Waals surface area (Å²) >= 11 is 0. The second-order valence-electron chi connectivity index (χ2n) is 5.22. The van der Waals surface area contributed by atoms with Crippen molar-refractivity contribution in [2.24, 2.45) is 0 Å². The molecule has 0 fully saturated rings. The highest BCUT2D eigenvalue weighted by Crippen LogP contribution is 2.23. The fourth-order valence-corrected chi connectivity index (χ4v) is 3.63. The number of rotatable bonds is 6. The number of ether oxygens (including phenoxy) is 1. The van der Waals surface area contributed by atoms with Crippen molar-refractivity contribution in [3.8, 4) is 0 Å². The Morgan fingerprint density at radius 3 is 2.67 bits per heavy atom. The minimum atomic E-state index is -3.50. The molecule has 1 aromatic carbocycles. The summed E-state index contributed by atoms with van der Waals surface area (Å²) in [4.78, 5) is 11.3. The van der Waals surface area contributed by atoms with Gasteiger partial charge in [-0.05, 0) is 55.4 Å². The minimum absolute atomic E-state index is 0.212. The predicted molar refractivity (Wildman–Crippen MR) is 79.5 cm³/mol. The Morgan fingerprint density at radius 1 is 1.24 bits per heavy atom. The molecule has 116 valence electrons. The number of hydrogen-bond donors (Lipinski definition) is 1. The molecule has 0 aromatic heterocycles. The van der Waals surface area contributed by atoms with Crippen molar-refractivity contribution >= 4 is 16.0 Å². The van der Waals surface area contributed by atoms with Crippen molar-refractivity contribution in [3.63, 3.8) is 0 Å². The number of benzene rings is 1. The number of esters is 1. The molecule has 0 atom stereocenters. The van der Waals surface area contributed by atoms with Crippen LogP contribution in [-0.4, -0.2) is 28.0 Å². The largest absolute Gasteiger partial charge is 0.469 e. The van der Waals surface area contributed by atoms with Gasteiger partial charge in [-0.25, -0.2) is 13.1 Å². The maximum absolute atomic E-state index is 12.2. The highest BCUT2D eigenvalue weighted by atomic mass is 32.2. The molecule has 0 amide bonds. The average Bonchev–Trinajstić information content (AvgIpc) is 2.50. The molecule has 0 bridgehead atoms. The molecule has 1 aliphatic carbocycles. The van der Waals surface area contributed by atoms with Crippen molar-refractivity contribution in [3.05, 3.63) is 29.3 Å². The summed E-state index contributed by atoms with van der Waals surface area (Å²) in [6.07, 6.45) is 4.90. The standard InChI is InChI=1S/C15H21NO4S/c1-20-15(17)7-4-10-16-21(18,19)14-9-8-12-5-2-3-6-13(12)11-14/h8-9,11,16H,2-7,10H2,1H3. The van der Waals surface area contributed by atoms with E-state index in [0.717, 1.165) is 24.8 Å². The molecular formula is C15H21NO4S. The smallest absolute Gasteiger partial charge is 0.305 e. The lowest BCUT2D eigenvalue weighted by atomic mass is 9.92. The van der Waals surface area contributed by atoms with E-state index in [1.807, 2.05) is 6.07 Å². The molecule has 2 rings (SSSR count). The van der Waals surface area contributed by atoms with E-state index in [0.29, 0.717) is 11.3 Å². The Kier molecular flexibility index (Phi) is 5.36. The number of nitrogens with one attached hydrogen (secondary N) is 1. The van der Waals surface area contributed by atoms with Crippen LogP contribution >= 0.6 is 0 Å². The lowest BCUT2D eigenvalue weighted by molar-refractivity contribution is -0.140. The number of hydrogen-bond acceptors (Lipinski definition) is 4. The molecule has 5 nitrogen and oxygen atoms in total. The highest BCUT2D eigenvalue weighted by molar-refractivity contribution is 7.89. The molecule has 1 N–H and O–H groups in total. The first kappa shape index (κ1) is 16.0. The van der Waals surface area contributed by atoms with Crippen LogP contribution in [0, 0.1) is 0 Å². The first-order valence-corrected chi connectivity index (χ1v) is 8.69. The van der Waals surface area contributed by atoms with Gasteiger partial charge in [0.25, 0.3) is 0 Å². The SMILES string of the molecule is COC(=O)CCCNS(=O)(=O)c1ccc2c(c1)CCCC2. The second kappa shape index (κ2) is 7.04. The zero-order chi connectivity index (χ0) is 15.3. The van der Waals surface area contributed by atoms with Crippen LogP contribution in [0.3, 0.4) is 0 Å². The predicted octanol–water partition coefficient (Wildman–Crippen LogP) is 1.80. The average molecular weight is 311 g/mol. The van der Waals surface area contributed by atoms with Gasteiger partial charge in [-0.15, -0.1) is 0 Å². The van der Waals surface area contributed by atoms with E-state index >= 15 is 0 Å². The zero-order valence-electron chi connectivity index (χ0n) is 12.2. The van der Waals surface area contributed by atoms with E-state index in [-0.39, 0.29) is 18.9 Å². The lowest BCUT2D eigenvalue weighted by Crippen LogP contribution is -2.25. The first-order chi connectivity index (χ1) is 10.0. The Labute approximate surface area is 125 Å². The molecule has 6 heteroatoms. The van der Waals surface area contributed by atoms with Gasteiger partial charge in [-0.3, -0.25) is 4.79 Å². The molecule has 0 spiro atoms. The highest BCUT2D eigenvalue weighted by Gasteiger charge is 2.17. The molecule has 1 aromatic rings. The molecule has 0 saturated carbocycles. The summed E-state index contributed by atoms with van der Waals surface area (Å²) in [5.74, 6) is -0.331. The number of carbonyl (C=O) groups excluding carboxylic acids is 1. The van der Waals surface area contributed by atoms with Crippen LogP contribution in [0.25, 0.3) is 0 Å². The van der Waals surface area contributed by atoms with Crippen LogP contribution in [0.5, 0.6) is 0 Å². The van der Waals surface area contributed by atoms with Crippen molar-refractivity contribution < 1.29 is 17.9 Å². The molecule has 0 unspecified atom stereocenters. The molecule has 0 heterocycles. The number of carbonyl (C=O) groups is 1. The number of methoxy groups -OCH3 is 1. The van der Waals surface area contributed by atoms with E-state index in [1.54, 1.807) is 12.1 Å². The van der Waals surface area contributed by atoms with Crippen molar-refractivity contribution in [1.29, 1.82) is 0 Å². The third-order valence-corrected chi connectivity index (χ3v) is 5.17. The summed E-state index contributed by atoms with van der Waals surface area (Å²) < 4.78 is 31.4. The molecule has 0 saturated heterocycles. The summed E-state index contributed by atoms with van der Waals surface area (Å²) in [7, 11) is -2.18. The van der Waals surface area contributed by atoms with Crippen molar-refractivity contribution in [1.82, 2.24) is 4.72 Å². The van der Waals surface area contributed by atoms with Gasteiger partial charge in [0.1, 0.15) is 0 Å². The van der Waals surface area contributed by atoms with Gasteiger partial charge >= 0.3 is 5.97 Å². The summed E-state index contributed by atoms with van der Waals surface area (Å²) in [5, 5.41) is 0. The van der Waals surface area contributed by atoms with Crippen LogP contribution in [0.15, 0.2) is 23.1 Å². The van der Waals surface area contributed by atoms with Crippen LogP contribution in [0.4, 0.5) is 0 Å². The van der Waals surface area contributed by atoms with Gasteiger partial charge < -0.3 is 4.74 Å². The maximum atomic E-state index is 12.2. The third kappa shape index (κ3) is 4.28. The van der Waals surface area contributed by atoms with Gasteiger partial charge in [0.2, 0.25) is 10.0 Å². The normalized spacial score (nSPS) is 14.5. The van der Waals surface area contributed by atoms with Gasteiger partial charge in [0, 0.05) is 13.0 Å². The third-order valence-electron chi connectivity index (χ3n) is 3.71. The molecule has 0 aliphatic heterocycles. The van der Waals surface area contributed by atoms with Gasteiger partial charge in [0.15, 0.2) is 0 Å². The van der Waals surface area contributed by atoms with Gasteiger partial charge in [-0.1, -0.05) is 6.07 Å².